The number of pyridine rings is 1. The summed E-state index contributed by atoms with van der Waals surface area (Å²) in [7, 11) is 0. The molecule has 1 aromatic rings. The number of nitrogens with zero attached hydrogens (tertiary/aromatic N) is 1. The molecule has 5 heteroatoms. The third-order valence-corrected chi connectivity index (χ3v) is 3.37. The van der Waals surface area contributed by atoms with Gasteiger partial charge in [0.05, 0.1) is 11.3 Å². The molecule has 0 aliphatic rings. The Hall–Kier alpha value is -1.26. The molecule has 0 fully saturated rings. The Morgan fingerprint density at radius 3 is 2.42 bits per heavy atom. The Morgan fingerprint density at radius 2 is 1.95 bits per heavy atom. The smallest absolute Gasteiger partial charge is 0.384 e. The highest BCUT2D eigenvalue weighted by molar-refractivity contribution is 5.44. The van der Waals surface area contributed by atoms with Gasteiger partial charge in [0.25, 0.3) is 0 Å². The van der Waals surface area contributed by atoms with Crippen LogP contribution in [0.3, 0.4) is 0 Å². The van der Waals surface area contributed by atoms with Crippen molar-refractivity contribution in [1.82, 2.24) is 4.98 Å². The van der Waals surface area contributed by atoms with E-state index in [4.69, 9.17) is 5.73 Å². The van der Waals surface area contributed by atoms with Crippen LogP contribution in [0.1, 0.15) is 62.3 Å². The molecule has 19 heavy (non-hydrogen) atoms. The maximum Gasteiger partial charge on any atom is 0.418 e. The van der Waals surface area contributed by atoms with Gasteiger partial charge in [-0.15, -0.1) is 0 Å². The number of nitrogen functional groups attached to an aromatic ring is 1. The number of hydrogen-bond acceptors (Lipinski definition) is 2. The molecule has 1 unspecified atom stereocenters. The average Bonchev–Trinajstić information content (AvgIpc) is 2.27. The molecule has 2 N–H and O–H groups in total. The molecule has 1 heterocycles. The molecule has 0 amide bonds. The summed E-state index contributed by atoms with van der Waals surface area (Å²) in [6.07, 6.45) is -1.07. The van der Waals surface area contributed by atoms with E-state index in [1.54, 1.807) is 0 Å². The minimum atomic E-state index is -4.38. The molecular formula is C14H21F3N2. The van der Waals surface area contributed by atoms with Crippen molar-refractivity contribution in [2.75, 3.05) is 5.73 Å². The molecule has 0 aromatic carbocycles. The number of aromatic nitrogens is 1. The van der Waals surface area contributed by atoms with Gasteiger partial charge < -0.3 is 5.73 Å². The van der Waals surface area contributed by atoms with Crippen LogP contribution >= 0.6 is 0 Å². The molecular weight excluding hydrogens is 253 g/mol. The number of halogens is 3. The predicted molar refractivity (Wildman–Crippen MR) is 70.9 cm³/mol. The molecule has 0 spiro atoms. The van der Waals surface area contributed by atoms with Crippen molar-refractivity contribution in [3.8, 4) is 0 Å². The van der Waals surface area contributed by atoms with Crippen molar-refractivity contribution in [2.45, 2.75) is 58.5 Å². The van der Waals surface area contributed by atoms with Crippen molar-refractivity contribution in [3.63, 3.8) is 0 Å². The van der Waals surface area contributed by atoms with Gasteiger partial charge in [0, 0.05) is 0 Å². The predicted octanol–water partition coefficient (Wildman–Crippen LogP) is 4.67. The van der Waals surface area contributed by atoms with Crippen LogP contribution in [0, 0.1) is 6.92 Å². The topological polar surface area (TPSA) is 38.9 Å². The fraction of sp³-hybridized carbons (Fsp3) is 0.643. The van der Waals surface area contributed by atoms with E-state index in [-0.39, 0.29) is 17.4 Å². The zero-order valence-corrected chi connectivity index (χ0v) is 11.6. The third-order valence-electron chi connectivity index (χ3n) is 3.37. The number of anilines is 1. The van der Waals surface area contributed by atoms with E-state index in [0.717, 1.165) is 19.3 Å². The molecule has 0 aliphatic heterocycles. The van der Waals surface area contributed by atoms with Gasteiger partial charge in [-0.1, -0.05) is 26.7 Å². The number of nitrogens with two attached hydrogens (primary N) is 1. The number of alkyl halides is 3. The molecule has 0 bridgehead atoms. The highest BCUT2D eigenvalue weighted by atomic mass is 19.4. The minimum Gasteiger partial charge on any atom is -0.384 e. The van der Waals surface area contributed by atoms with E-state index in [0.29, 0.717) is 12.0 Å². The Bertz CT molecular complexity index is 427. The zero-order valence-electron chi connectivity index (χ0n) is 11.6. The molecule has 0 saturated carbocycles. The van der Waals surface area contributed by atoms with Gasteiger partial charge in [-0.2, -0.15) is 13.2 Å². The normalized spacial score (nSPS) is 13.6. The fourth-order valence-corrected chi connectivity index (χ4v) is 2.44. The van der Waals surface area contributed by atoms with Crippen LogP contribution in [-0.4, -0.2) is 4.98 Å². The zero-order chi connectivity index (χ0) is 14.6. The number of unbranched alkanes of at least 4 members (excludes halogenated alkanes) is 1. The summed E-state index contributed by atoms with van der Waals surface area (Å²) in [5.74, 6) is 0.0519. The molecule has 108 valence electrons. The fourth-order valence-electron chi connectivity index (χ4n) is 2.44. The minimum absolute atomic E-state index is 0.0301. The van der Waals surface area contributed by atoms with Crippen LogP contribution in [0.25, 0.3) is 0 Å². The number of aryl methyl sites for hydroxylation is 1. The van der Waals surface area contributed by atoms with Crippen molar-refractivity contribution in [2.24, 2.45) is 0 Å². The summed E-state index contributed by atoms with van der Waals surface area (Å²) < 4.78 is 39.5. The maximum absolute atomic E-state index is 13.2. The Kier molecular flexibility index (Phi) is 5.20. The quantitative estimate of drug-likeness (QED) is 0.847. The maximum atomic E-state index is 13.2. The molecule has 2 nitrogen and oxygen atoms in total. The summed E-state index contributed by atoms with van der Waals surface area (Å²) in [6.45, 7) is 5.31. The van der Waals surface area contributed by atoms with Gasteiger partial charge in [-0.3, -0.25) is 0 Å². The largest absolute Gasteiger partial charge is 0.418 e. The molecule has 0 radical (unpaired) electrons. The molecule has 0 saturated heterocycles. The molecule has 1 aromatic heterocycles. The third kappa shape index (κ3) is 3.85. The number of hydrogen-bond donors (Lipinski definition) is 1. The lowest BCUT2D eigenvalue weighted by atomic mass is 9.87. The average molecular weight is 274 g/mol. The Balaban J connectivity index is 3.30. The van der Waals surface area contributed by atoms with Crippen LogP contribution in [0.15, 0.2) is 6.07 Å². The standard InChI is InChI=1S/C14H21F3N2/c1-4-6-7-10(5-2)11-8-12(18)19-9(3)13(11)14(15,16)17/h8,10H,4-7H2,1-3H3,(H2,18,19). The lowest BCUT2D eigenvalue weighted by molar-refractivity contribution is -0.139. The van der Waals surface area contributed by atoms with Gasteiger partial charge in [-0.05, 0) is 37.3 Å². The summed E-state index contributed by atoms with van der Waals surface area (Å²) in [4.78, 5) is 3.76. The first kappa shape index (κ1) is 15.8. The van der Waals surface area contributed by atoms with Gasteiger partial charge in [0.1, 0.15) is 5.82 Å². The second-order valence-corrected chi connectivity index (χ2v) is 4.84. The highest BCUT2D eigenvalue weighted by Crippen LogP contribution is 2.40. The van der Waals surface area contributed by atoms with Crippen molar-refractivity contribution in [3.05, 3.63) is 22.9 Å². The van der Waals surface area contributed by atoms with Gasteiger partial charge >= 0.3 is 6.18 Å². The molecule has 0 aliphatic carbocycles. The van der Waals surface area contributed by atoms with E-state index in [2.05, 4.69) is 4.98 Å². The van der Waals surface area contributed by atoms with Crippen LogP contribution < -0.4 is 5.73 Å². The van der Waals surface area contributed by atoms with Gasteiger partial charge in [-0.25, -0.2) is 4.98 Å². The van der Waals surface area contributed by atoms with Crippen molar-refractivity contribution >= 4 is 5.82 Å². The lowest BCUT2D eigenvalue weighted by Gasteiger charge is -2.22. The van der Waals surface area contributed by atoms with Crippen LogP contribution in [-0.2, 0) is 6.18 Å². The van der Waals surface area contributed by atoms with Crippen LogP contribution in [0.5, 0.6) is 0 Å². The van der Waals surface area contributed by atoms with E-state index in [1.165, 1.54) is 13.0 Å². The number of rotatable bonds is 5. The van der Waals surface area contributed by atoms with Gasteiger partial charge in [0.15, 0.2) is 0 Å². The SMILES string of the molecule is CCCCC(CC)c1cc(N)nc(C)c1C(F)(F)F. The van der Waals surface area contributed by atoms with Crippen LogP contribution in [0.4, 0.5) is 19.0 Å². The van der Waals surface area contributed by atoms with Crippen molar-refractivity contribution < 1.29 is 13.2 Å². The van der Waals surface area contributed by atoms with E-state index >= 15 is 0 Å². The Morgan fingerprint density at radius 1 is 1.32 bits per heavy atom. The van der Waals surface area contributed by atoms with Gasteiger partial charge in [0.2, 0.25) is 0 Å². The first-order valence-corrected chi connectivity index (χ1v) is 6.65. The Labute approximate surface area is 112 Å². The summed E-state index contributed by atoms with van der Waals surface area (Å²) in [6, 6.07) is 1.39. The second kappa shape index (κ2) is 6.26. The molecule has 1 rings (SSSR count). The molecule has 1 atom stereocenters. The van der Waals surface area contributed by atoms with E-state index in [1.807, 2.05) is 13.8 Å². The summed E-state index contributed by atoms with van der Waals surface area (Å²) >= 11 is 0. The summed E-state index contributed by atoms with van der Waals surface area (Å²) in [5, 5.41) is 0. The van der Waals surface area contributed by atoms with E-state index < -0.39 is 11.7 Å². The first-order valence-electron chi connectivity index (χ1n) is 6.65. The monoisotopic (exact) mass is 274 g/mol. The summed E-state index contributed by atoms with van der Waals surface area (Å²) in [5.41, 5.74) is 5.28. The highest BCUT2D eigenvalue weighted by Gasteiger charge is 2.37. The first-order chi connectivity index (χ1) is 8.81. The second-order valence-electron chi connectivity index (χ2n) is 4.84. The van der Waals surface area contributed by atoms with Crippen LogP contribution in [0.2, 0.25) is 0 Å². The van der Waals surface area contributed by atoms with Crippen molar-refractivity contribution in [1.29, 1.82) is 0 Å². The van der Waals surface area contributed by atoms with E-state index in [9.17, 15) is 13.2 Å². The lowest BCUT2D eigenvalue weighted by Crippen LogP contribution is -2.16.